The summed E-state index contributed by atoms with van der Waals surface area (Å²) in [5, 5.41) is 6.61. The minimum Gasteiger partial charge on any atom is -0.324 e. The Hall–Kier alpha value is -1.59. The maximum absolute atomic E-state index is 11.7. The summed E-state index contributed by atoms with van der Waals surface area (Å²) in [7, 11) is 0. The number of aromatic nitrogens is 3. The molecular weight excluding hydrogens is 275 g/mol. The summed E-state index contributed by atoms with van der Waals surface area (Å²) in [6.07, 6.45) is 0. The monoisotopic (exact) mass is 284 g/mol. The van der Waals surface area contributed by atoms with E-state index in [1.54, 1.807) is 0 Å². The van der Waals surface area contributed by atoms with E-state index in [0.29, 0.717) is 5.69 Å². The van der Waals surface area contributed by atoms with E-state index in [1.807, 2.05) is 31.2 Å². The average molecular weight is 285 g/mol. The molecule has 1 N–H and O–H groups in total. The van der Waals surface area contributed by atoms with Gasteiger partial charge in [-0.25, -0.2) is 4.68 Å². The van der Waals surface area contributed by atoms with Gasteiger partial charge in [0, 0.05) is 5.69 Å². The number of carbonyl (C=O) groups excluding carboxylic acids is 1. The van der Waals surface area contributed by atoms with Gasteiger partial charge in [0.15, 0.2) is 0 Å². The molecule has 0 aliphatic carbocycles. The number of amides is 1. The third-order valence-electron chi connectivity index (χ3n) is 2.23. The number of hydrogen-bond donors (Lipinski definition) is 1. The maximum atomic E-state index is 11.7. The molecule has 1 amide bonds. The van der Waals surface area contributed by atoms with E-state index >= 15 is 0 Å². The average Bonchev–Trinajstić information content (AvgIpc) is 2.61. The topological polar surface area (TPSA) is 59.8 Å². The Bertz CT molecular complexity index is 565. The largest absolute Gasteiger partial charge is 0.324 e. The lowest BCUT2D eigenvalue weighted by molar-refractivity contribution is -0.116. The molecule has 0 fully saturated rings. The van der Waals surface area contributed by atoms with Crippen molar-refractivity contribution in [2.24, 2.45) is 0 Å². The first-order chi connectivity index (χ1) is 8.54. The van der Waals surface area contributed by atoms with E-state index in [2.05, 4.69) is 15.4 Å². The van der Waals surface area contributed by atoms with Gasteiger partial charge in [0.2, 0.25) is 16.5 Å². The van der Waals surface area contributed by atoms with Crippen LogP contribution in [0, 0.1) is 6.92 Å². The number of hydrogen-bond acceptors (Lipinski definition) is 3. The molecule has 18 heavy (non-hydrogen) atoms. The van der Waals surface area contributed by atoms with Gasteiger partial charge in [-0.05, 0) is 42.3 Å². The zero-order valence-electron chi connectivity index (χ0n) is 9.52. The van der Waals surface area contributed by atoms with Gasteiger partial charge in [-0.1, -0.05) is 17.7 Å². The summed E-state index contributed by atoms with van der Waals surface area (Å²) in [4.78, 5) is 15.4. The number of aryl methyl sites for hydroxylation is 1. The van der Waals surface area contributed by atoms with Gasteiger partial charge in [0.05, 0.1) is 0 Å². The van der Waals surface area contributed by atoms with E-state index < -0.39 is 0 Å². The van der Waals surface area contributed by atoms with Crippen LogP contribution in [0.1, 0.15) is 5.56 Å². The van der Waals surface area contributed by atoms with Crippen LogP contribution in [0.4, 0.5) is 5.69 Å². The van der Waals surface area contributed by atoms with Crippen LogP contribution >= 0.6 is 23.2 Å². The van der Waals surface area contributed by atoms with Gasteiger partial charge in [0.1, 0.15) is 6.54 Å². The summed E-state index contributed by atoms with van der Waals surface area (Å²) >= 11 is 11.3. The van der Waals surface area contributed by atoms with Gasteiger partial charge < -0.3 is 5.32 Å². The summed E-state index contributed by atoms with van der Waals surface area (Å²) in [5.74, 6) is -0.248. The number of nitrogens with zero attached hydrogens (tertiary/aromatic N) is 3. The molecule has 2 rings (SSSR count). The number of rotatable bonds is 3. The van der Waals surface area contributed by atoms with E-state index in [4.69, 9.17) is 23.2 Å². The van der Waals surface area contributed by atoms with Crippen molar-refractivity contribution in [3.05, 3.63) is 40.4 Å². The second kappa shape index (κ2) is 5.37. The second-order valence-electron chi connectivity index (χ2n) is 3.72. The third-order valence-corrected chi connectivity index (χ3v) is 2.67. The van der Waals surface area contributed by atoms with Crippen LogP contribution in [0.5, 0.6) is 0 Å². The minimum absolute atomic E-state index is 0.0168. The summed E-state index contributed by atoms with van der Waals surface area (Å²) < 4.78 is 1.23. The number of halogens is 2. The molecule has 1 aromatic carbocycles. The smallest absolute Gasteiger partial charge is 0.246 e. The van der Waals surface area contributed by atoms with Gasteiger partial charge in [-0.15, -0.1) is 5.10 Å². The summed E-state index contributed by atoms with van der Waals surface area (Å²) in [5.41, 5.74) is 1.84. The van der Waals surface area contributed by atoms with Crippen LogP contribution in [-0.4, -0.2) is 20.7 Å². The van der Waals surface area contributed by atoms with E-state index in [1.165, 1.54) is 4.68 Å². The minimum atomic E-state index is -0.248. The van der Waals surface area contributed by atoms with Crippen LogP contribution < -0.4 is 5.32 Å². The van der Waals surface area contributed by atoms with Gasteiger partial charge in [0.25, 0.3) is 0 Å². The molecule has 2 aromatic rings. The van der Waals surface area contributed by atoms with Crippen molar-refractivity contribution >= 4 is 34.8 Å². The van der Waals surface area contributed by atoms with Crippen molar-refractivity contribution in [2.45, 2.75) is 13.5 Å². The second-order valence-corrected chi connectivity index (χ2v) is 4.40. The van der Waals surface area contributed by atoms with Crippen molar-refractivity contribution in [2.75, 3.05) is 5.32 Å². The van der Waals surface area contributed by atoms with Crippen molar-refractivity contribution in [1.29, 1.82) is 0 Å². The predicted octanol–water partition coefficient (Wildman–Crippen LogP) is 2.53. The fourth-order valence-corrected chi connectivity index (χ4v) is 1.76. The van der Waals surface area contributed by atoms with Gasteiger partial charge in [-0.2, -0.15) is 4.98 Å². The standard InChI is InChI=1S/C11H10Cl2N4O/c1-7-2-4-8(5-3-7)14-9(18)6-17-11(13)15-10(12)16-17/h2-5H,6H2,1H3,(H,14,18). The lowest BCUT2D eigenvalue weighted by atomic mass is 10.2. The number of carbonyl (C=O) groups is 1. The number of nitrogens with one attached hydrogen (secondary N) is 1. The molecule has 0 saturated heterocycles. The molecule has 0 aliphatic rings. The fraction of sp³-hybridized carbons (Fsp3) is 0.182. The molecule has 0 unspecified atom stereocenters. The van der Waals surface area contributed by atoms with Crippen molar-refractivity contribution < 1.29 is 4.79 Å². The van der Waals surface area contributed by atoms with E-state index in [-0.39, 0.29) is 23.0 Å². The number of anilines is 1. The Morgan fingerprint density at radius 3 is 2.56 bits per heavy atom. The van der Waals surface area contributed by atoms with Gasteiger partial charge >= 0.3 is 0 Å². The first-order valence-electron chi connectivity index (χ1n) is 5.17. The molecule has 0 radical (unpaired) electrons. The Balaban J connectivity index is 2.01. The first-order valence-corrected chi connectivity index (χ1v) is 5.92. The quantitative estimate of drug-likeness (QED) is 0.942. The zero-order valence-corrected chi connectivity index (χ0v) is 11.0. The highest BCUT2D eigenvalue weighted by atomic mass is 35.5. The lowest BCUT2D eigenvalue weighted by Crippen LogP contribution is -2.19. The highest BCUT2D eigenvalue weighted by Crippen LogP contribution is 2.11. The van der Waals surface area contributed by atoms with Crippen LogP contribution in [0.15, 0.2) is 24.3 Å². The fourth-order valence-electron chi connectivity index (χ4n) is 1.37. The SMILES string of the molecule is Cc1ccc(NC(=O)Cn2nc(Cl)nc2Cl)cc1. The third kappa shape index (κ3) is 3.21. The predicted molar refractivity (Wildman–Crippen MR) is 69.9 cm³/mol. The molecule has 5 nitrogen and oxygen atoms in total. The normalized spacial score (nSPS) is 10.4. The molecule has 0 saturated carbocycles. The zero-order chi connectivity index (χ0) is 13.1. The molecule has 0 bridgehead atoms. The van der Waals surface area contributed by atoms with Crippen molar-refractivity contribution in [1.82, 2.24) is 14.8 Å². The molecule has 0 aliphatic heterocycles. The summed E-state index contributed by atoms with van der Waals surface area (Å²) in [6.45, 7) is 1.94. The lowest BCUT2D eigenvalue weighted by Gasteiger charge is -2.05. The van der Waals surface area contributed by atoms with Crippen LogP contribution in [0.3, 0.4) is 0 Å². The molecule has 7 heteroatoms. The highest BCUT2D eigenvalue weighted by molar-refractivity contribution is 6.31. The van der Waals surface area contributed by atoms with Gasteiger partial charge in [-0.3, -0.25) is 4.79 Å². The van der Waals surface area contributed by atoms with Crippen molar-refractivity contribution in [3.63, 3.8) is 0 Å². The van der Waals surface area contributed by atoms with Crippen LogP contribution in [0.2, 0.25) is 10.6 Å². The molecule has 94 valence electrons. The molecular formula is C11H10Cl2N4O. The molecule has 0 spiro atoms. The Kier molecular flexibility index (Phi) is 3.84. The highest BCUT2D eigenvalue weighted by Gasteiger charge is 2.10. The van der Waals surface area contributed by atoms with Crippen LogP contribution in [0.25, 0.3) is 0 Å². The Labute approximate surface area is 114 Å². The molecule has 1 aromatic heterocycles. The summed E-state index contributed by atoms with van der Waals surface area (Å²) in [6, 6.07) is 7.47. The van der Waals surface area contributed by atoms with E-state index in [9.17, 15) is 4.79 Å². The maximum Gasteiger partial charge on any atom is 0.246 e. The first kappa shape index (κ1) is 12.9. The Morgan fingerprint density at radius 1 is 1.33 bits per heavy atom. The van der Waals surface area contributed by atoms with Crippen LogP contribution in [-0.2, 0) is 11.3 Å². The molecule has 1 heterocycles. The number of benzene rings is 1. The molecule has 0 atom stereocenters. The van der Waals surface area contributed by atoms with E-state index in [0.717, 1.165) is 5.56 Å². The van der Waals surface area contributed by atoms with Crippen molar-refractivity contribution in [3.8, 4) is 0 Å². The Morgan fingerprint density at radius 2 is 2.00 bits per heavy atom.